The van der Waals surface area contributed by atoms with Crippen molar-refractivity contribution >= 4 is 11.8 Å². The zero-order valence-corrected chi connectivity index (χ0v) is 17.4. The van der Waals surface area contributed by atoms with Crippen LogP contribution in [0.5, 0.6) is 5.75 Å². The largest absolute Gasteiger partial charge is 0.573 e. The van der Waals surface area contributed by atoms with E-state index >= 15 is 0 Å². The predicted octanol–water partition coefficient (Wildman–Crippen LogP) is 2.75. The summed E-state index contributed by atoms with van der Waals surface area (Å²) in [6.07, 6.45) is -2.32. The Hall–Kier alpha value is -2.33. The van der Waals surface area contributed by atoms with Crippen molar-refractivity contribution in [1.29, 1.82) is 0 Å². The van der Waals surface area contributed by atoms with Crippen molar-refractivity contribution in [3.8, 4) is 5.75 Å². The van der Waals surface area contributed by atoms with Gasteiger partial charge in [0.2, 0.25) is 5.91 Å². The van der Waals surface area contributed by atoms with E-state index in [0.717, 1.165) is 12.1 Å². The summed E-state index contributed by atoms with van der Waals surface area (Å²) in [6.45, 7) is 2.28. The molecule has 2 amide bonds. The van der Waals surface area contributed by atoms with Gasteiger partial charge in [0.15, 0.2) is 0 Å². The lowest BCUT2D eigenvalue weighted by atomic mass is 9.91. The van der Waals surface area contributed by atoms with E-state index in [0.29, 0.717) is 58.6 Å². The Labute approximate surface area is 178 Å². The molecule has 3 rings (SSSR count). The number of hydrogen-bond donors (Lipinski definition) is 1. The molecule has 2 heterocycles. The lowest BCUT2D eigenvalue weighted by Crippen LogP contribution is -2.53. The Balaban J connectivity index is 1.66. The monoisotopic (exact) mass is 444 g/mol. The highest BCUT2D eigenvalue weighted by molar-refractivity contribution is 5.94. The molecule has 172 valence electrons. The van der Waals surface area contributed by atoms with Gasteiger partial charge in [-0.1, -0.05) is 0 Å². The van der Waals surface area contributed by atoms with Gasteiger partial charge in [0, 0.05) is 51.5 Å². The second-order valence-corrected chi connectivity index (χ2v) is 7.95. The number of nitrogens with one attached hydrogen (secondary N) is 1. The summed E-state index contributed by atoms with van der Waals surface area (Å²) in [5, 5.41) is 3.15. The van der Waals surface area contributed by atoms with E-state index in [9.17, 15) is 22.8 Å². The van der Waals surface area contributed by atoms with E-state index in [1.807, 2.05) is 0 Å². The number of benzene rings is 1. The van der Waals surface area contributed by atoms with Crippen molar-refractivity contribution in [2.24, 2.45) is 5.92 Å². The fourth-order valence-electron chi connectivity index (χ4n) is 4.02. The van der Waals surface area contributed by atoms with E-state index in [4.69, 9.17) is 9.47 Å². The molecule has 1 aromatic rings. The van der Waals surface area contributed by atoms with Crippen LogP contribution >= 0.6 is 0 Å². The summed E-state index contributed by atoms with van der Waals surface area (Å²) in [5.74, 6) is -0.844. The van der Waals surface area contributed by atoms with Crippen LogP contribution < -0.4 is 10.1 Å². The first-order chi connectivity index (χ1) is 14.7. The van der Waals surface area contributed by atoms with Gasteiger partial charge in [-0.2, -0.15) is 0 Å². The van der Waals surface area contributed by atoms with Crippen LogP contribution in [0.25, 0.3) is 0 Å². The minimum absolute atomic E-state index is 0.0395. The quantitative estimate of drug-likeness (QED) is 0.700. The second kappa shape index (κ2) is 9.86. The fraction of sp³-hybridized carbons (Fsp3) is 0.619. The summed E-state index contributed by atoms with van der Waals surface area (Å²) >= 11 is 0. The first-order valence-corrected chi connectivity index (χ1v) is 10.3. The molecule has 1 unspecified atom stereocenters. The lowest BCUT2D eigenvalue weighted by molar-refractivity contribution is -0.274. The molecule has 2 fully saturated rings. The summed E-state index contributed by atoms with van der Waals surface area (Å²) < 4.78 is 51.3. The van der Waals surface area contributed by atoms with Gasteiger partial charge in [-0.15, -0.1) is 13.2 Å². The molecule has 1 N–H and O–H groups in total. The molecule has 0 bridgehead atoms. The molecule has 2 saturated heterocycles. The van der Waals surface area contributed by atoms with Crippen LogP contribution in [0.3, 0.4) is 0 Å². The highest BCUT2D eigenvalue weighted by Gasteiger charge is 2.42. The molecule has 7 nitrogen and oxygen atoms in total. The maximum absolute atomic E-state index is 12.9. The number of halogens is 3. The summed E-state index contributed by atoms with van der Waals surface area (Å²) in [6, 6.07) is 4.84. The van der Waals surface area contributed by atoms with E-state index in [1.54, 1.807) is 12.0 Å². The summed E-state index contributed by atoms with van der Waals surface area (Å²) in [7, 11) is 1.58. The average molecular weight is 444 g/mol. The number of amides is 2. The average Bonchev–Trinajstić information content (AvgIpc) is 3.16. The summed E-state index contributed by atoms with van der Waals surface area (Å²) in [5.41, 5.74) is -0.340. The van der Waals surface area contributed by atoms with Crippen LogP contribution in [0.15, 0.2) is 24.3 Å². The van der Waals surface area contributed by atoms with Crippen molar-refractivity contribution in [1.82, 2.24) is 10.2 Å². The Morgan fingerprint density at radius 2 is 1.90 bits per heavy atom. The van der Waals surface area contributed by atoms with Crippen molar-refractivity contribution in [2.75, 3.05) is 40.0 Å². The van der Waals surface area contributed by atoms with Gasteiger partial charge in [-0.3, -0.25) is 9.59 Å². The molecule has 2 aliphatic heterocycles. The lowest BCUT2D eigenvalue weighted by Gasteiger charge is -2.33. The highest BCUT2D eigenvalue weighted by Crippen LogP contribution is 2.29. The molecular weight excluding hydrogens is 417 g/mol. The van der Waals surface area contributed by atoms with Crippen LogP contribution in [0.4, 0.5) is 13.2 Å². The van der Waals surface area contributed by atoms with Crippen molar-refractivity contribution in [3.05, 3.63) is 29.8 Å². The molecule has 0 aromatic heterocycles. The number of carbonyl (C=O) groups is 2. The molecule has 0 saturated carbocycles. The van der Waals surface area contributed by atoms with E-state index in [-0.39, 0.29) is 29.0 Å². The van der Waals surface area contributed by atoms with Crippen molar-refractivity contribution in [2.45, 2.75) is 37.6 Å². The SMILES string of the molecule is COCCC1(NC(=O)C2CCOCC2)CCN(C(=O)c2ccc(OC(F)(F)F)cc2)C1. The third-order valence-corrected chi connectivity index (χ3v) is 5.74. The second-order valence-electron chi connectivity index (χ2n) is 7.95. The van der Waals surface area contributed by atoms with Gasteiger partial charge >= 0.3 is 6.36 Å². The van der Waals surface area contributed by atoms with Gasteiger partial charge in [0.25, 0.3) is 5.91 Å². The zero-order valence-electron chi connectivity index (χ0n) is 17.4. The third-order valence-electron chi connectivity index (χ3n) is 5.74. The zero-order chi connectivity index (χ0) is 22.5. The molecule has 1 aromatic carbocycles. The number of rotatable bonds is 7. The predicted molar refractivity (Wildman–Crippen MR) is 105 cm³/mol. The van der Waals surface area contributed by atoms with Gasteiger partial charge in [-0.05, 0) is 49.9 Å². The number of likely N-dealkylation sites (tertiary alicyclic amines) is 1. The van der Waals surface area contributed by atoms with Gasteiger partial charge in [0.05, 0.1) is 5.54 Å². The minimum atomic E-state index is -4.79. The number of ether oxygens (including phenoxy) is 3. The highest BCUT2D eigenvalue weighted by atomic mass is 19.4. The molecule has 2 aliphatic rings. The number of methoxy groups -OCH3 is 1. The van der Waals surface area contributed by atoms with Crippen LogP contribution in [0.1, 0.15) is 36.0 Å². The first kappa shape index (κ1) is 23.3. The van der Waals surface area contributed by atoms with Crippen LogP contribution in [0, 0.1) is 5.92 Å². The molecule has 0 spiro atoms. The maximum atomic E-state index is 12.9. The van der Waals surface area contributed by atoms with E-state index in [1.165, 1.54) is 12.1 Å². The summed E-state index contributed by atoms with van der Waals surface area (Å²) in [4.78, 5) is 27.3. The van der Waals surface area contributed by atoms with Crippen LogP contribution in [0.2, 0.25) is 0 Å². The van der Waals surface area contributed by atoms with E-state index in [2.05, 4.69) is 10.1 Å². The third kappa shape index (κ3) is 6.33. The number of carbonyl (C=O) groups excluding carboxylic acids is 2. The molecule has 1 atom stereocenters. The normalized spacial score (nSPS) is 22.4. The first-order valence-electron chi connectivity index (χ1n) is 10.3. The van der Waals surface area contributed by atoms with Crippen LogP contribution in [-0.4, -0.2) is 68.6 Å². The minimum Gasteiger partial charge on any atom is -0.406 e. The fourth-order valence-corrected chi connectivity index (χ4v) is 4.02. The Bertz CT molecular complexity index is 765. The smallest absolute Gasteiger partial charge is 0.406 e. The Kier molecular flexibility index (Phi) is 7.42. The molecule has 0 aliphatic carbocycles. The molecule has 10 heteroatoms. The Morgan fingerprint density at radius 1 is 1.23 bits per heavy atom. The molecule has 0 radical (unpaired) electrons. The van der Waals surface area contributed by atoms with Gasteiger partial charge < -0.3 is 24.4 Å². The number of nitrogens with zero attached hydrogens (tertiary/aromatic N) is 1. The molecular formula is C21H27F3N2O5. The topological polar surface area (TPSA) is 77.1 Å². The van der Waals surface area contributed by atoms with Gasteiger partial charge in [-0.25, -0.2) is 0 Å². The van der Waals surface area contributed by atoms with Crippen molar-refractivity contribution in [3.63, 3.8) is 0 Å². The Morgan fingerprint density at radius 3 is 2.52 bits per heavy atom. The number of hydrogen-bond acceptors (Lipinski definition) is 5. The number of alkyl halides is 3. The van der Waals surface area contributed by atoms with Gasteiger partial charge in [0.1, 0.15) is 5.75 Å². The van der Waals surface area contributed by atoms with E-state index < -0.39 is 11.9 Å². The van der Waals surface area contributed by atoms with Crippen molar-refractivity contribution < 1.29 is 37.0 Å². The van der Waals surface area contributed by atoms with Crippen LogP contribution in [-0.2, 0) is 14.3 Å². The molecule has 31 heavy (non-hydrogen) atoms. The maximum Gasteiger partial charge on any atom is 0.573 e. The standard InChI is InChI=1S/C21H27F3N2O5/c1-29-13-9-20(25-18(27)15-6-11-30-12-7-15)8-10-26(14-20)19(28)16-2-4-17(5-3-16)31-21(22,23)24/h2-5,15H,6-14H2,1H3,(H,25,27).